The zero-order chi connectivity index (χ0) is 42.5. The minimum absolute atomic E-state index is 0.0192. The molecule has 0 radical (unpaired) electrons. The molecule has 0 atom stereocenters. The average molecular weight is 851 g/mol. The van der Waals surface area contributed by atoms with Crippen molar-refractivity contribution in [2.75, 3.05) is 21.3 Å². The van der Waals surface area contributed by atoms with E-state index in [1.54, 1.807) is 48.5 Å². The summed E-state index contributed by atoms with van der Waals surface area (Å²) in [6.07, 6.45) is -0.684. The summed E-state index contributed by atoms with van der Waals surface area (Å²) in [6, 6.07) is 37.3. The number of ether oxygens (including phenoxy) is 2. The van der Waals surface area contributed by atoms with E-state index in [-0.39, 0.29) is 68.4 Å². The summed E-state index contributed by atoms with van der Waals surface area (Å²) in [5.74, 6) is -1.38. The lowest BCUT2D eigenvalue weighted by atomic mass is 10.2. The summed E-state index contributed by atoms with van der Waals surface area (Å²) in [6.45, 7) is 0. The topological polar surface area (TPSA) is 222 Å². The first kappa shape index (κ1) is 41.9. The van der Waals surface area contributed by atoms with Crippen molar-refractivity contribution in [3.05, 3.63) is 158 Å². The highest BCUT2D eigenvalue weighted by Gasteiger charge is 2.18. The lowest BCUT2D eigenvalue weighted by Crippen LogP contribution is -2.20. The van der Waals surface area contributed by atoms with E-state index in [2.05, 4.69) is 21.3 Å². The van der Waals surface area contributed by atoms with Crippen LogP contribution in [0.2, 0.25) is 0 Å². The summed E-state index contributed by atoms with van der Waals surface area (Å²) >= 11 is 0. The van der Waals surface area contributed by atoms with Crippen molar-refractivity contribution in [2.24, 2.45) is 0 Å². The molecule has 4 N–H and O–H groups in total. The molecule has 18 heteroatoms. The highest BCUT2D eigenvalue weighted by molar-refractivity contribution is 7.87. The summed E-state index contributed by atoms with van der Waals surface area (Å²) in [4.78, 5) is 50.5. The number of anilines is 4. The number of benzene rings is 6. The normalized spacial score (nSPS) is 11.0. The van der Waals surface area contributed by atoms with Gasteiger partial charge in [0.15, 0.2) is 0 Å². The van der Waals surface area contributed by atoms with Gasteiger partial charge in [0.25, 0.3) is 0 Å². The molecule has 0 saturated carbocycles. The Morgan fingerprint density at radius 3 is 1.02 bits per heavy atom. The number of carbonyl (C=O) groups excluding carboxylic acids is 4. The van der Waals surface area contributed by atoms with Gasteiger partial charge in [-0.15, -0.1) is 0 Å². The Kier molecular flexibility index (Phi) is 13.4. The van der Waals surface area contributed by atoms with Crippen molar-refractivity contribution in [3.63, 3.8) is 0 Å². The van der Waals surface area contributed by atoms with Crippen LogP contribution in [0, 0.1) is 0 Å². The summed E-state index contributed by atoms with van der Waals surface area (Å²) in [5, 5.41) is 10.3. The van der Waals surface area contributed by atoms with Crippen molar-refractivity contribution < 1.29 is 53.9 Å². The second-order valence-electron chi connectivity index (χ2n) is 12.4. The summed E-state index contributed by atoms with van der Waals surface area (Å²) in [7, 11) is -8.19. The predicted octanol–water partition coefficient (Wildman–Crippen LogP) is 7.80. The van der Waals surface area contributed by atoms with Crippen molar-refractivity contribution in [3.8, 4) is 23.0 Å². The Morgan fingerprint density at radius 2 is 0.683 bits per heavy atom. The number of hydrogen-bond acceptors (Lipinski definition) is 12. The maximum absolute atomic E-state index is 12.7. The van der Waals surface area contributed by atoms with Crippen LogP contribution < -0.4 is 39.1 Å². The number of esters is 2. The van der Waals surface area contributed by atoms with Crippen LogP contribution in [0.4, 0.5) is 32.3 Å². The van der Waals surface area contributed by atoms with Gasteiger partial charge in [-0.25, -0.2) is 9.59 Å². The maximum Gasteiger partial charge on any atom is 0.339 e. The molecule has 306 valence electrons. The highest BCUT2D eigenvalue weighted by atomic mass is 32.2. The molecular formula is C42H34N4O12S2. The van der Waals surface area contributed by atoms with Crippen LogP contribution in [0.15, 0.2) is 168 Å². The van der Waals surface area contributed by atoms with E-state index >= 15 is 0 Å². The number of amides is 4. The van der Waals surface area contributed by atoms with E-state index in [1.165, 1.54) is 109 Å². The third-order valence-corrected chi connectivity index (χ3v) is 10.4. The monoisotopic (exact) mass is 850 g/mol. The van der Waals surface area contributed by atoms with Gasteiger partial charge in [-0.2, -0.15) is 16.8 Å². The molecule has 0 spiro atoms. The van der Waals surface area contributed by atoms with Crippen LogP contribution in [-0.2, 0) is 29.8 Å². The van der Waals surface area contributed by atoms with E-state index in [0.717, 1.165) is 0 Å². The van der Waals surface area contributed by atoms with Crippen LogP contribution in [0.25, 0.3) is 0 Å². The van der Waals surface area contributed by atoms with Crippen molar-refractivity contribution >= 4 is 67.0 Å². The number of urea groups is 2. The first-order valence-electron chi connectivity index (χ1n) is 17.8. The molecule has 0 aliphatic heterocycles. The summed E-state index contributed by atoms with van der Waals surface area (Å²) in [5.41, 5.74) is 0.994. The molecule has 0 saturated heterocycles. The van der Waals surface area contributed by atoms with Gasteiger partial charge in [0, 0.05) is 47.0 Å². The van der Waals surface area contributed by atoms with Gasteiger partial charge in [-0.3, -0.25) is 9.59 Å². The second kappa shape index (κ2) is 19.2. The zero-order valence-electron chi connectivity index (χ0n) is 31.1. The van der Waals surface area contributed by atoms with Crippen LogP contribution >= 0.6 is 0 Å². The third-order valence-electron chi connectivity index (χ3n) is 7.84. The minimum atomic E-state index is -4.09. The number of carbonyl (C=O) groups is 4. The zero-order valence-corrected chi connectivity index (χ0v) is 32.8. The molecule has 6 rings (SSSR count). The number of rotatable bonds is 15. The van der Waals surface area contributed by atoms with Crippen LogP contribution in [-0.4, -0.2) is 40.8 Å². The third kappa shape index (κ3) is 12.4. The minimum Gasteiger partial charge on any atom is -0.426 e. The Morgan fingerprint density at radius 1 is 0.383 bits per heavy atom. The molecule has 4 amide bonds. The maximum atomic E-state index is 12.7. The predicted molar refractivity (Wildman–Crippen MR) is 220 cm³/mol. The van der Waals surface area contributed by atoms with Crippen LogP contribution in [0.5, 0.6) is 23.0 Å². The molecule has 0 heterocycles. The molecule has 16 nitrogen and oxygen atoms in total. The molecule has 0 aliphatic carbocycles. The van der Waals surface area contributed by atoms with Gasteiger partial charge in [-0.1, -0.05) is 60.7 Å². The van der Waals surface area contributed by atoms with Crippen molar-refractivity contribution in [1.82, 2.24) is 0 Å². The van der Waals surface area contributed by atoms with E-state index in [1.807, 2.05) is 0 Å². The lowest BCUT2D eigenvalue weighted by Gasteiger charge is -2.11. The Bertz CT molecular complexity index is 2550. The number of hydrogen-bond donors (Lipinski definition) is 4. The smallest absolute Gasteiger partial charge is 0.339 e. The van der Waals surface area contributed by atoms with Gasteiger partial charge in [0.1, 0.15) is 32.8 Å². The quantitative estimate of drug-likeness (QED) is 0.0442. The molecule has 0 fully saturated rings. The van der Waals surface area contributed by atoms with Crippen molar-refractivity contribution in [2.45, 2.75) is 22.6 Å². The molecule has 0 aliphatic rings. The first-order valence-corrected chi connectivity index (χ1v) is 20.6. The molecule has 6 aromatic carbocycles. The highest BCUT2D eigenvalue weighted by Crippen LogP contribution is 2.25. The Hall–Kier alpha value is -7.70. The van der Waals surface area contributed by atoms with E-state index in [0.29, 0.717) is 0 Å². The molecule has 6 aromatic rings. The second-order valence-corrected chi connectivity index (χ2v) is 15.5. The fourth-order valence-corrected chi connectivity index (χ4v) is 7.09. The van der Waals surface area contributed by atoms with Gasteiger partial charge >= 0.3 is 44.2 Å². The molecule has 0 bridgehead atoms. The number of nitrogens with one attached hydrogen (secondary N) is 4. The van der Waals surface area contributed by atoms with Gasteiger partial charge < -0.3 is 39.1 Å². The van der Waals surface area contributed by atoms with Crippen molar-refractivity contribution in [1.29, 1.82) is 0 Å². The van der Waals surface area contributed by atoms with E-state index < -0.39 is 44.2 Å². The van der Waals surface area contributed by atoms with Crippen LogP contribution in [0.3, 0.4) is 0 Å². The molecule has 0 unspecified atom stereocenters. The lowest BCUT2D eigenvalue weighted by molar-refractivity contribution is -0.140. The summed E-state index contributed by atoms with van der Waals surface area (Å²) < 4.78 is 71.3. The Labute approximate surface area is 344 Å². The molecular weight excluding hydrogens is 817 g/mol. The fourth-order valence-electron chi connectivity index (χ4n) is 5.21. The van der Waals surface area contributed by atoms with Gasteiger partial charge in [0.05, 0.1) is 12.8 Å². The standard InChI is InChI=1S/C42H34N4O12S2/c47-39(55-33-15-7-11-29(25-33)43-41(49)45-31-13-9-17-35(27-31)57-59(51,52)37-19-3-1-4-20-37)23-24-40(48)56-34-16-8-12-30(26-34)44-42(50)46-32-14-10-18-36(28-32)58-60(53,54)38-21-5-2-6-22-38/h1-22,25-28H,23-24H2,(H2,43,45,49)(H2,44,46,50). The fraction of sp³-hybridized carbons (Fsp3) is 0.0476. The van der Waals surface area contributed by atoms with E-state index in [4.69, 9.17) is 17.8 Å². The molecule has 0 aromatic heterocycles. The van der Waals surface area contributed by atoms with Gasteiger partial charge in [0.2, 0.25) is 0 Å². The largest absolute Gasteiger partial charge is 0.426 e. The van der Waals surface area contributed by atoms with E-state index in [9.17, 15) is 36.0 Å². The van der Waals surface area contributed by atoms with Crippen LogP contribution in [0.1, 0.15) is 12.8 Å². The average Bonchev–Trinajstić information content (AvgIpc) is 3.21. The Balaban J connectivity index is 0.937. The first-order chi connectivity index (χ1) is 28.8. The molecule has 60 heavy (non-hydrogen) atoms. The van der Waals surface area contributed by atoms with Gasteiger partial charge in [-0.05, 0) is 72.8 Å². The SMILES string of the molecule is O=C(Nc1cccc(OC(=O)CCC(=O)Oc2cccc(NC(=O)Nc3cccc(OS(=O)(=O)c4ccccc4)c3)c2)c1)Nc1cccc(OS(=O)(=O)c2ccccc2)c1.